The van der Waals surface area contributed by atoms with Crippen LogP contribution in [0.15, 0.2) is 42.7 Å². The average molecular weight is 222 g/mol. The normalized spacial score (nSPS) is 9.40. The Balaban J connectivity index is 0.00000112. The molecule has 15 heavy (non-hydrogen) atoms. The van der Waals surface area contributed by atoms with Crippen molar-refractivity contribution in [3.8, 4) is 11.1 Å². The van der Waals surface area contributed by atoms with Crippen molar-refractivity contribution in [2.24, 2.45) is 5.73 Å². The van der Waals surface area contributed by atoms with Crippen LogP contribution in [0.2, 0.25) is 0 Å². The minimum atomic E-state index is 0. The van der Waals surface area contributed by atoms with Crippen LogP contribution in [0.25, 0.3) is 11.1 Å². The molecule has 0 atom stereocenters. The molecule has 0 saturated carbocycles. The zero-order valence-corrected chi connectivity index (χ0v) is 8.95. The summed E-state index contributed by atoms with van der Waals surface area (Å²) >= 11 is 0. The minimum absolute atomic E-state index is 0. The molecule has 0 aliphatic rings. The first-order valence-corrected chi connectivity index (χ1v) is 4.46. The van der Waals surface area contributed by atoms with Crippen molar-refractivity contribution < 1.29 is 0 Å². The summed E-state index contributed by atoms with van der Waals surface area (Å²) < 4.78 is 0. The summed E-state index contributed by atoms with van der Waals surface area (Å²) in [5, 5.41) is 0. The van der Waals surface area contributed by atoms with Gasteiger partial charge in [0.1, 0.15) is 5.82 Å². The second kappa shape index (κ2) is 5.44. The van der Waals surface area contributed by atoms with E-state index in [9.17, 15) is 0 Å². The number of benzene rings is 1. The molecule has 0 saturated heterocycles. The average Bonchev–Trinajstić information content (AvgIpc) is 2.30. The molecule has 0 unspecified atom stereocenters. The molecule has 78 valence electrons. The molecule has 0 aliphatic heterocycles. The van der Waals surface area contributed by atoms with Gasteiger partial charge in [0.05, 0.1) is 6.54 Å². The quantitative estimate of drug-likeness (QED) is 0.844. The Kier molecular flexibility index (Phi) is 4.21. The first-order valence-electron chi connectivity index (χ1n) is 4.46. The Hall–Kier alpha value is -1.45. The van der Waals surface area contributed by atoms with Crippen LogP contribution in [-0.2, 0) is 6.54 Å². The fourth-order valence-corrected chi connectivity index (χ4v) is 1.24. The number of hydrogen-bond acceptors (Lipinski definition) is 3. The monoisotopic (exact) mass is 221 g/mol. The molecular formula is C11H12ClN3. The smallest absolute Gasteiger partial charge is 0.141 e. The van der Waals surface area contributed by atoms with E-state index in [2.05, 4.69) is 9.97 Å². The fraction of sp³-hybridized carbons (Fsp3) is 0.0909. The summed E-state index contributed by atoms with van der Waals surface area (Å²) in [6.07, 6.45) is 3.59. The molecule has 0 spiro atoms. The van der Waals surface area contributed by atoms with E-state index in [0.717, 1.165) is 11.1 Å². The third-order valence-electron chi connectivity index (χ3n) is 2.00. The van der Waals surface area contributed by atoms with Gasteiger partial charge in [-0.3, -0.25) is 0 Å². The van der Waals surface area contributed by atoms with E-state index >= 15 is 0 Å². The van der Waals surface area contributed by atoms with Gasteiger partial charge in [-0.2, -0.15) is 0 Å². The van der Waals surface area contributed by atoms with Crippen molar-refractivity contribution in [1.29, 1.82) is 0 Å². The van der Waals surface area contributed by atoms with E-state index in [1.54, 1.807) is 12.4 Å². The summed E-state index contributed by atoms with van der Waals surface area (Å²) in [5.41, 5.74) is 7.55. The van der Waals surface area contributed by atoms with Crippen molar-refractivity contribution >= 4 is 12.4 Å². The molecule has 0 bridgehead atoms. The Bertz CT molecular complexity index is 400. The molecule has 3 nitrogen and oxygen atoms in total. The SMILES string of the molecule is Cl.NCc1ncc(-c2ccccc2)cn1. The highest BCUT2D eigenvalue weighted by Gasteiger charge is 1.97. The van der Waals surface area contributed by atoms with Crippen molar-refractivity contribution in [2.75, 3.05) is 0 Å². The maximum absolute atomic E-state index is 5.41. The van der Waals surface area contributed by atoms with Gasteiger partial charge in [-0.25, -0.2) is 9.97 Å². The largest absolute Gasteiger partial charge is 0.324 e. The van der Waals surface area contributed by atoms with Crippen LogP contribution in [0.1, 0.15) is 5.82 Å². The number of aromatic nitrogens is 2. The molecular weight excluding hydrogens is 210 g/mol. The number of nitrogens with zero attached hydrogens (tertiary/aromatic N) is 2. The Labute approximate surface area is 94.8 Å². The predicted molar refractivity (Wildman–Crippen MR) is 62.6 cm³/mol. The molecule has 1 aromatic carbocycles. The Morgan fingerprint density at radius 1 is 0.933 bits per heavy atom. The van der Waals surface area contributed by atoms with Gasteiger partial charge in [0, 0.05) is 18.0 Å². The van der Waals surface area contributed by atoms with E-state index in [1.165, 1.54) is 0 Å². The van der Waals surface area contributed by atoms with Crippen LogP contribution in [0.3, 0.4) is 0 Å². The van der Waals surface area contributed by atoms with Crippen molar-refractivity contribution in [2.45, 2.75) is 6.54 Å². The third kappa shape index (κ3) is 2.75. The number of halogens is 1. The Morgan fingerprint density at radius 3 is 2.07 bits per heavy atom. The van der Waals surface area contributed by atoms with E-state index in [-0.39, 0.29) is 12.4 Å². The van der Waals surface area contributed by atoms with Gasteiger partial charge in [-0.05, 0) is 5.56 Å². The lowest BCUT2D eigenvalue weighted by molar-refractivity contribution is 0.910. The van der Waals surface area contributed by atoms with Gasteiger partial charge in [0.25, 0.3) is 0 Å². The molecule has 0 radical (unpaired) electrons. The lowest BCUT2D eigenvalue weighted by Gasteiger charge is -2.00. The highest BCUT2D eigenvalue weighted by Crippen LogP contribution is 2.15. The molecule has 0 fully saturated rings. The summed E-state index contributed by atoms with van der Waals surface area (Å²) in [6.45, 7) is 0.384. The van der Waals surface area contributed by atoms with Gasteiger partial charge in [0.2, 0.25) is 0 Å². The second-order valence-corrected chi connectivity index (χ2v) is 2.96. The number of rotatable bonds is 2. The summed E-state index contributed by atoms with van der Waals surface area (Å²) in [6, 6.07) is 10.0. The second-order valence-electron chi connectivity index (χ2n) is 2.96. The van der Waals surface area contributed by atoms with Crippen LogP contribution in [-0.4, -0.2) is 9.97 Å². The molecule has 1 aromatic heterocycles. The van der Waals surface area contributed by atoms with Gasteiger partial charge >= 0.3 is 0 Å². The third-order valence-corrected chi connectivity index (χ3v) is 2.00. The standard InChI is InChI=1S/C11H11N3.ClH/c12-6-11-13-7-10(8-14-11)9-4-2-1-3-5-9;/h1-5,7-8H,6,12H2;1H. The highest BCUT2D eigenvalue weighted by molar-refractivity contribution is 5.85. The van der Waals surface area contributed by atoms with Crippen LogP contribution in [0.4, 0.5) is 0 Å². The van der Waals surface area contributed by atoms with E-state index in [1.807, 2.05) is 30.3 Å². The lowest BCUT2D eigenvalue weighted by Crippen LogP contribution is -2.01. The molecule has 2 rings (SSSR count). The van der Waals surface area contributed by atoms with Crippen molar-refractivity contribution in [1.82, 2.24) is 9.97 Å². The van der Waals surface area contributed by atoms with E-state index in [4.69, 9.17) is 5.73 Å². The molecule has 1 heterocycles. The number of hydrogen-bond donors (Lipinski definition) is 1. The lowest BCUT2D eigenvalue weighted by atomic mass is 10.1. The Morgan fingerprint density at radius 2 is 1.53 bits per heavy atom. The predicted octanol–water partition coefficient (Wildman–Crippen LogP) is 2.02. The maximum Gasteiger partial charge on any atom is 0.141 e. The van der Waals surface area contributed by atoms with Gasteiger partial charge in [-0.15, -0.1) is 12.4 Å². The van der Waals surface area contributed by atoms with Gasteiger partial charge in [-0.1, -0.05) is 30.3 Å². The molecule has 2 N–H and O–H groups in total. The van der Waals surface area contributed by atoms with Crippen molar-refractivity contribution in [3.63, 3.8) is 0 Å². The number of nitrogens with two attached hydrogens (primary N) is 1. The van der Waals surface area contributed by atoms with Gasteiger partial charge < -0.3 is 5.73 Å². The topological polar surface area (TPSA) is 51.8 Å². The molecule has 4 heteroatoms. The summed E-state index contributed by atoms with van der Waals surface area (Å²) in [5.74, 6) is 0.671. The minimum Gasteiger partial charge on any atom is -0.324 e. The first-order chi connectivity index (χ1) is 6.90. The summed E-state index contributed by atoms with van der Waals surface area (Å²) in [4.78, 5) is 8.27. The zero-order valence-electron chi connectivity index (χ0n) is 8.13. The van der Waals surface area contributed by atoms with E-state index in [0.29, 0.717) is 12.4 Å². The fourth-order valence-electron chi connectivity index (χ4n) is 1.24. The highest BCUT2D eigenvalue weighted by atomic mass is 35.5. The molecule has 0 amide bonds. The van der Waals surface area contributed by atoms with Crippen molar-refractivity contribution in [3.05, 3.63) is 48.5 Å². The molecule has 2 aromatic rings. The molecule has 0 aliphatic carbocycles. The van der Waals surface area contributed by atoms with Crippen LogP contribution in [0.5, 0.6) is 0 Å². The van der Waals surface area contributed by atoms with Crippen LogP contribution < -0.4 is 5.73 Å². The summed E-state index contributed by atoms with van der Waals surface area (Å²) in [7, 11) is 0. The van der Waals surface area contributed by atoms with Crippen LogP contribution in [0, 0.1) is 0 Å². The van der Waals surface area contributed by atoms with Crippen LogP contribution >= 0.6 is 12.4 Å². The zero-order chi connectivity index (χ0) is 9.80. The first kappa shape index (κ1) is 11.6. The maximum atomic E-state index is 5.41. The van der Waals surface area contributed by atoms with E-state index < -0.39 is 0 Å². The van der Waals surface area contributed by atoms with Gasteiger partial charge in [0.15, 0.2) is 0 Å².